The highest BCUT2D eigenvalue weighted by atomic mass is 16.5. The number of fused-ring (bicyclic) bond motifs is 1. The predicted molar refractivity (Wildman–Crippen MR) is 135 cm³/mol. The van der Waals surface area contributed by atoms with E-state index >= 15 is 0 Å². The molecule has 2 aromatic carbocycles. The second kappa shape index (κ2) is 13.7. The standard InChI is InChI=1S/C27H38N4O3/c1-30(2)15-14-29-26(32)18-23-11-12-25-24(17-23)20-31(19-22-9-5-3-6-10-22)21-27(33)28-13-7-4-8-16-34-25/h3,5-6,9-12,17H,4,7-8,13-16,18-21H2,1-2H3,(H,28,33)(H,29,32). The SMILES string of the molecule is CN(C)CCNC(=O)Cc1ccc2c(c1)CN(Cc1ccccc1)CC(=O)NCCCCCO2. The number of carbonyl (C=O) groups excluding carboxylic acids is 2. The number of carbonyl (C=O) groups is 2. The van der Waals surface area contributed by atoms with E-state index < -0.39 is 0 Å². The minimum Gasteiger partial charge on any atom is -0.493 e. The minimum atomic E-state index is 0.00730. The Morgan fingerprint density at radius 3 is 2.68 bits per heavy atom. The number of ether oxygens (including phenoxy) is 1. The van der Waals surface area contributed by atoms with Crippen molar-refractivity contribution >= 4 is 11.8 Å². The van der Waals surface area contributed by atoms with Crippen molar-refractivity contribution in [2.24, 2.45) is 0 Å². The van der Waals surface area contributed by atoms with E-state index in [9.17, 15) is 9.59 Å². The zero-order valence-electron chi connectivity index (χ0n) is 20.5. The first kappa shape index (κ1) is 25.7. The molecule has 0 bridgehead atoms. The van der Waals surface area contributed by atoms with Crippen LogP contribution in [0.3, 0.4) is 0 Å². The van der Waals surface area contributed by atoms with E-state index in [2.05, 4.69) is 33.7 Å². The minimum absolute atomic E-state index is 0.00730. The zero-order chi connectivity index (χ0) is 24.2. The first-order valence-electron chi connectivity index (χ1n) is 12.2. The highest BCUT2D eigenvalue weighted by Gasteiger charge is 2.17. The molecule has 184 valence electrons. The van der Waals surface area contributed by atoms with Crippen LogP contribution < -0.4 is 15.4 Å². The third-order valence-corrected chi connectivity index (χ3v) is 5.78. The number of likely N-dealkylation sites (N-methyl/N-ethyl adjacent to an activating group) is 1. The number of hydrogen-bond donors (Lipinski definition) is 2. The van der Waals surface area contributed by atoms with Crippen LogP contribution in [-0.4, -0.2) is 68.5 Å². The molecule has 3 rings (SSSR count). The lowest BCUT2D eigenvalue weighted by Crippen LogP contribution is -2.37. The average molecular weight is 467 g/mol. The Hall–Kier alpha value is -2.90. The number of amides is 2. The monoisotopic (exact) mass is 466 g/mol. The van der Waals surface area contributed by atoms with Crippen molar-refractivity contribution < 1.29 is 14.3 Å². The van der Waals surface area contributed by atoms with E-state index in [1.807, 2.05) is 49.3 Å². The Bertz CT molecular complexity index is 917. The molecule has 0 spiro atoms. The van der Waals surface area contributed by atoms with E-state index in [0.29, 0.717) is 45.8 Å². The van der Waals surface area contributed by atoms with E-state index in [4.69, 9.17) is 4.74 Å². The van der Waals surface area contributed by atoms with Crippen LogP contribution in [0.5, 0.6) is 5.75 Å². The van der Waals surface area contributed by atoms with Gasteiger partial charge in [-0.3, -0.25) is 14.5 Å². The lowest BCUT2D eigenvalue weighted by molar-refractivity contribution is -0.122. The van der Waals surface area contributed by atoms with Crippen molar-refractivity contribution in [1.82, 2.24) is 20.4 Å². The number of nitrogens with one attached hydrogen (secondary N) is 2. The van der Waals surface area contributed by atoms with Crippen molar-refractivity contribution in [2.75, 3.05) is 46.9 Å². The molecule has 0 radical (unpaired) electrons. The Balaban J connectivity index is 1.78. The van der Waals surface area contributed by atoms with Gasteiger partial charge in [0.1, 0.15) is 5.75 Å². The molecule has 0 fully saturated rings. The molecule has 0 saturated carbocycles. The van der Waals surface area contributed by atoms with Crippen molar-refractivity contribution in [3.8, 4) is 5.75 Å². The van der Waals surface area contributed by atoms with Gasteiger partial charge in [-0.1, -0.05) is 42.5 Å². The lowest BCUT2D eigenvalue weighted by Gasteiger charge is -2.23. The second-order valence-electron chi connectivity index (χ2n) is 9.16. The van der Waals surface area contributed by atoms with Crippen molar-refractivity contribution in [2.45, 2.75) is 38.8 Å². The Morgan fingerprint density at radius 1 is 1.06 bits per heavy atom. The summed E-state index contributed by atoms with van der Waals surface area (Å²) >= 11 is 0. The molecular formula is C27H38N4O3. The van der Waals surface area contributed by atoms with Gasteiger partial charge in [0.2, 0.25) is 11.8 Å². The van der Waals surface area contributed by atoms with Gasteiger partial charge in [-0.05, 0) is 50.6 Å². The molecule has 7 heteroatoms. The van der Waals surface area contributed by atoms with Gasteiger partial charge in [0.15, 0.2) is 0 Å². The molecule has 2 N–H and O–H groups in total. The van der Waals surface area contributed by atoms with Gasteiger partial charge in [-0.15, -0.1) is 0 Å². The van der Waals surface area contributed by atoms with Crippen LogP contribution in [-0.2, 0) is 29.1 Å². The number of nitrogens with zero attached hydrogens (tertiary/aromatic N) is 2. The topological polar surface area (TPSA) is 73.9 Å². The fourth-order valence-electron chi connectivity index (χ4n) is 4.00. The molecular weight excluding hydrogens is 428 g/mol. The summed E-state index contributed by atoms with van der Waals surface area (Å²) < 4.78 is 6.14. The fraction of sp³-hybridized carbons (Fsp3) is 0.481. The summed E-state index contributed by atoms with van der Waals surface area (Å²) in [6, 6.07) is 16.2. The molecule has 34 heavy (non-hydrogen) atoms. The van der Waals surface area contributed by atoms with Crippen LogP contribution in [0.1, 0.15) is 36.0 Å². The maximum Gasteiger partial charge on any atom is 0.234 e. The van der Waals surface area contributed by atoms with Crippen LogP contribution in [0.25, 0.3) is 0 Å². The highest BCUT2D eigenvalue weighted by Crippen LogP contribution is 2.24. The van der Waals surface area contributed by atoms with E-state index in [-0.39, 0.29) is 11.8 Å². The van der Waals surface area contributed by atoms with Gasteiger partial charge in [0, 0.05) is 38.3 Å². The van der Waals surface area contributed by atoms with Gasteiger partial charge in [0.25, 0.3) is 0 Å². The summed E-state index contributed by atoms with van der Waals surface area (Å²) in [5.74, 6) is 0.872. The smallest absolute Gasteiger partial charge is 0.234 e. The molecule has 0 saturated heterocycles. The summed E-state index contributed by atoms with van der Waals surface area (Å²) in [7, 11) is 3.97. The third-order valence-electron chi connectivity index (χ3n) is 5.78. The van der Waals surface area contributed by atoms with Crippen molar-refractivity contribution in [1.29, 1.82) is 0 Å². The van der Waals surface area contributed by atoms with Gasteiger partial charge < -0.3 is 20.3 Å². The molecule has 0 aromatic heterocycles. The Kier molecular flexibility index (Phi) is 10.4. The molecule has 2 aromatic rings. The number of rotatable bonds is 7. The Labute approximate surface area is 203 Å². The van der Waals surface area contributed by atoms with E-state index in [1.54, 1.807) is 0 Å². The fourth-order valence-corrected chi connectivity index (χ4v) is 4.00. The van der Waals surface area contributed by atoms with E-state index in [0.717, 1.165) is 48.2 Å². The number of hydrogen-bond acceptors (Lipinski definition) is 5. The van der Waals surface area contributed by atoms with Gasteiger partial charge in [-0.2, -0.15) is 0 Å². The molecule has 7 nitrogen and oxygen atoms in total. The largest absolute Gasteiger partial charge is 0.493 e. The first-order valence-corrected chi connectivity index (χ1v) is 12.2. The van der Waals surface area contributed by atoms with Crippen LogP contribution in [0.4, 0.5) is 0 Å². The molecule has 1 aliphatic heterocycles. The van der Waals surface area contributed by atoms with Gasteiger partial charge in [0.05, 0.1) is 19.6 Å². The molecule has 0 atom stereocenters. The lowest BCUT2D eigenvalue weighted by atomic mass is 10.1. The average Bonchev–Trinajstić information content (AvgIpc) is 2.81. The molecule has 2 amide bonds. The quantitative estimate of drug-likeness (QED) is 0.656. The van der Waals surface area contributed by atoms with Gasteiger partial charge >= 0.3 is 0 Å². The maximum absolute atomic E-state index is 12.6. The summed E-state index contributed by atoms with van der Waals surface area (Å²) in [6.45, 7) is 4.29. The van der Waals surface area contributed by atoms with Gasteiger partial charge in [-0.25, -0.2) is 0 Å². The summed E-state index contributed by atoms with van der Waals surface area (Å²) in [5, 5.41) is 6.03. The molecule has 0 unspecified atom stereocenters. The zero-order valence-corrected chi connectivity index (χ0v) is 20.5. The molecule has 0 aliphatic carbocycles. The molecule has 1 heterocycles. The van der Waals surface area contributed by atoms with Crippen molar-refractivity contribution in [3.05, 3.63) is 65.2 Å². The summed E-state index contributed by atoms with van der Waals surface area (Å²) in [6.07, 6.45) is 3.22. The number of benzene rings is 2. The normalized spacial score (nSPS) is 15.8. The molecule has 1 aliphatic rings. The van der Waals surface area contributed by atoms with Crippen LogP contribution in [0, 0.1) is 0 Å². The summed E-state index contributed by atoms with van der Waals surface area (Å²) in [5.41, 5.74) is 3.10. The van der Waals surface area contributed by atoms with Crippen LogP contribution in [0.2, 0.25) is 0 Å². The summed E-state index contributed by atoms with van der Waals surface area (Å²) in [4.78, 5) is 29.2. The van der Waals surface area contributed by atoms with Crippen LogP contribution in [0.15, 0.2) is 48.5 Å². The third kappa shape index (κ3) is 9.15. The second-order valence-corrected chi connectivity index (χ2v) is 9.16. The van der Waals surface area contributed by atoms with Crippen LogP contribution >= 0.6 is 0 Å². The highest BCUT2D eigenvalue weighted by molar-refractivity contribution is 5.79. The predicted octanol–water partition coefficient (Wildman–Crippen LogP) is 2.59. The maximum atomic E-state index is 12.6. The van der Waals surface area contributed by atoms with Crippen molar-refractivity contribution in [3.63, 3.8) is 0 Å². The first-order chi connectivity index (χ1) is 16.5. The Morgan fingerprint density at radius 2 is 1.88 bits per heavy atom. The van der Waals surface area contributed by atoms with E-state index in [1.165, 1.54) is 0 Å².